The van der Waals surface area contributed by atoms with Crippen LogP contribution in [-0.2, 0) is 4.74 Å². The Labute approximate surface area is 139 Å². The molecule has 2 aromatic rings. The summed E-state index contributed by atoms with van der Waals surface area (Å²) in [7, 11) is 0. The molecule has 2 aromatic heterocycles. The van der Waals surface area contributed by atoms with E-state index >= 15 is 0 Å². The van der Waals surface area contributed by atoms with E-state index in [9.17, 15) is 0 Å². The molecule has 1 aliphatic rings. The minimum Gasteiger partial charge on any atom is -0.451 e. The van der Waals surface area contributed by atoms with E-state index in [0.717, 1.165) is 30.2 Å². The molecule has 5 nitrogen and oxygen atoms in total. The van der Waals surface area contributed by atoms with Gasteiger partial charge in [0, 0.05) is 19.2 Å². The lowest BCUT2D eigenvalue weighted by molar-refractivity contribution is 0.122. The van der Waals surface area contributed by atoms with Crippen LogP contribution in [0.15, 0.2) is 41.4 Å². The van der Waals surface area contributed by atoms with Gasteiger partial charge in [-0.2, -0.15) is 4.98 Å². The summed E-state index contributed by atoms with van der Waals surface area (Å²) in [4.78, 5) is 10.7. The molecular weight excluding hydrogens is 314 g/mol. The average molecular weight is 332 g/mol. The van der Waals surface area contributed by atoms with E-state index in [1.54, 1.807) is 6.08 Å². The van der Waals surface area contributed by atoms with Crippen LogP contribution in [-0.4, -0.2) is 36.3 Å². The second kappa shape index (κ2) is 6.98. The number of anilines is 1. The van der Waals surface area contributed by atoms with Crippen molar-refractivity contribution in [1.82, 2.24) is 9.97 Å². The van der Waals surface area contributed by atoms with Crippen LogP contribution in [0.1, 0.15) is 12.7 Å². The SMILES string of the molecule is C=C/C=C\C=C(/C)c1cc2nc(Cl)nc(N3CCOCC3)c2o1. The Morgan fingerprint density at radius 3 is 2.83 bits per heavy atom. The van der Waals surface area contributed by atoms with E-state index in [0.29, 0.717) is 24.3 Å². The Hall–Kier alpha value is -2.11. The fraction of sp³-hybridized carbons (Fsp3) is 0.294. The number of aromatic nitrogens is 2. The molecule has 3 rings (SSSR count). The predicted octanol–water partition coefficient (Wildman–Crippen LogP) is 3.86. The molecule has 0 unspecified atom stereocenters. The normalized spacial score (nSPS) is 16.4. The van der Waals surface area contributed by atoms with Gasteiger partial charge in [0.25, 0.3) is 0 Å². The molecule has 0 atom stereocenters. The molecule has 23 heavy (non-hydrogen) atoms. The van der Waals surface area contributed by atoms with E-state index in [1.165, 1.54) is 0 Å². The summed E-state index contributed by atoms with van der Waals surface area (Å²) in [5.41, 5.74) is 2.36. The number of allylic oxidation sites excluding steroid dienone is 5. The monoisotopic (exact) mass is 331 g/mol. The molecule has 1 aliphatic heterocycles. The highest BCUT2D eigenvalue weighted by Crippen LogP contribution is 2.31. The number of furan rings is 1. The zero-order valence-electron chi connectivity index (χ0n) is 13.0. The first-order chi connectivity index (χ1) is 11.2. The maximum atomic E-state index is 6.08. The van der Waals surface area contributed by atoms with Crippen LogP contribution < -0.4 is 4.90 Å². The zero-order valence-corrected chi connectivity index (χ0v) is 13.7. The minimum atomic E-state index is 0.222. The van der Waals surface area contributed by atoms with Crippen molar-refractivity contribution in [3.8, 4) is 0 Å². The van der Waals surface area contributed by atoms with E-state index < -0.39 is 0 Å². The van der Waals surface area contributed by atoms with Crippen LogP contribution >= 0.6 is 11.6 Å². The second-order valence-electron chi connectivity index (χ2n) is 5.21. The molecule has 3 heterocycles. The number of halogens is 1. The van der Waals surface area contributed by atoms with E-state index in [4.69, 9.17) is 20.8 Å². The summed E-state index contributed by atoms with van der Waals surface area (Å²) < 4.78 is 11.4. The van der Waals surface area contributed by atoms with Gasteiger partial charge in [0.2, 0.25) is 5.28 Å². The van der Waals surface area contributed by atoms with Crippen LogP contribution in [0.3, 0.4) is 0 Å². The van der Waals surface area contributed by atoms with E-state index in [-0.39, 0.29) is 5.28 Å². The molecule has 0 bridgehead atoms. The van der Waals surface area contributed by atoms with Gasteiger partial charge in [-0.15, -0.1) is 0 Å². The Kier molecular flexibility index (Phi) is 4.79. The molecule has 0 radical (unpaired) electrons. The van der Waals surface area contributed by atoms with Crippen molar-refractivity contribution in [3.05, 3.63) is 48.0 Å². The van der Waals surface area contributed by atoms with Gasteiger partial charge in [0.05, 0.1) is 13.2 Å². The van der Waals surface area contributed by atoms with Gasteiger partial charge in [0.1, 0.15) is 11.3 Å². The average Bonchev–Trinajstić information content (AvgIpc) is 2.99. The maximum Gasteiger partial charge on any atom is 0.225 e. The lowest BCUT2D eigenvalue weighted by Gasteiger charge is -2.27. The third kappa shape index (κ3) is 3.46. The van der Waals surface area contributed by atoms with Gasteiger partial charge in [-0.05, 0) is 24.1 Å². The van der Waals surface area contributed by atoms with E-state index in [1.807, 2.05) is 31.2 Å². The van der Waals surface area contributed by atoms with E-state index in [2.05, 4.69) is 21.4 Å². The number of morpholine rings is 1. The van der Waals surface area contributed by atoms with Crippen LogP contribution in [0, 0.1) is 0 Å². The predicted molar refractivity (Wildman–Crippen MR) is 92.8 cm³/mol. The van der Waals surface area contributed by atoms with Gasteiger partial charge >= 0.3 is 0 Å². The Morgan fingerprint density at radius 2 is 2.09 bits per heavy atom. The Balaban J connectivity index is 2.02. The van der Waals surface area contributed by atoms with Crippen molar-refractivity contribution < 1.29 is 9.15 Å². The lowest BCUT2D eigenvalue weighted by Crippen LogP contribution is -2.36. The minimum absolute atomic E-state index is 0.222. The number of ether oxygens (including phenoxy) is 1. The fourth-order valence-corrected chi connectivity index (χ4v) is 2.60. The van der Waals surface area contributed by atoms with Gasteiger partial charge in [-0.25, -0.2) is 4.98 Å². The second-order valence-corrected chi connectivity index (χ2v) is 5.55. The summed E-state index contributed by atoms with van der Waals surface area (Å²) in [6, 6.07) is 1.89. The smallest absolute Gasteiger partial charge is 0.225 e. The fourth-order valence-electron chi connectivity index (χ4n) is 2.43. The molecule has 0 spiro atoms. The summed E-state index contributed by atoms with van der Waals surface area (Å²) in [6.07, 6.45) is 7.46. The number of hydrogen-bond acceptors (Lipinski definition) is 5. The molecule has 0 aliphatic carbocycles. The highest BCUT2D eigenvalue weighted by atomic mass is 35.5. The highest BCUT2D eigenvalue weighted by molar-refractivity contribution is 6.28. The first-order valence-corrected chi connectivity index (χ1v) is 7.83. The quantitative estimate of drug-likeness (QED) is 0.629. The van der Waals surface area contributed by atoms with Crippen LogP contribution in [0.4, 0.5) is 5.82 Å². The largest absolute Gasteiger partial charge is 0.451 e. The number of rotatable bonds is 4. The summed E-state index contributed by atoms with van der Waals surface area (Å²) in [6.45, 7) is 8.49. The van der Waals surface area contributed by atoms with Gasteiger partial charge < -0.3 is 14.1 Å². The van der Waals surface area contributed by atoms with Crippen molar-refractivity contribution >= 4 is 34.1 Å². The molecule has 0 aromatic carbocycles. The standard InChI is InChI=1S/C17H18ClN3O2/c1-3-4-5-6-12(2)14-11-13-15(23-14)16(20-17(18)19-13)21-7-9-22-10-8-21/h3-6,11H,1,7-10H2,2H3/b5-4-,12-6+. The summed E-state index contributed by atoms with van der Waals surface area (Å²) in [5, 5.41) is 0.222. The van der Waals surface area contributed by atoms with Crippen molar-refractivity contribution in [3.63, 3.8) is 0 Å². The first-order valence-electron chi connectivity index (χ1n) is 7.45. The molecule has 120 valence electrons. The number of fused-ring (bicyclic) bond motifs is 1. The summed E-state index contributed by atoms with van der Waals surface area (Å²) in [5.74, 6) is 1.48. The molecule has 0 N–H and O–H groups in total. The zero-order chi connectivity index (χ0) is 16.2. The molecule has 1 fully saturated rings. The summed E-state index contributed by atoms with van der Waals surface area (Å²) >= 11 is 6.08. The highest BCUT2D eigenvalue weighted by Gasteiger charge is 2.20. The lowest BCUT2D eigenvalue weighted by atomic mass is 10.2. The van der Waals surface area contributed by atoms with Gasteiger partial charge in [-0.3, -0.25) is 0 Å². The van der Waals surface area contributed by atoms with Crippen LogP contribution in [0.5, 0.6) is 0 Å². The molecular formula is C17H18ClN3O2. The molecule has 6 heteroatoms. The molecule has 1 saturated heterocycles. The van der Waals surface area contributed by atoms with Crippen LogP contribution in [0.25, 0.3) is 16.7 Å². The number of hydrogen-bond donors (Lipinski definition) is 0. The van der Waals surface area contributed by atoms with Crippen molar-refractivity contribution in [2.75, 3.05) is 31.2 Å². The third-order valence-corrected chi connectivity index (χ3v) is 3.79. The molecule has 0 amide bonds. The number of nitrogens with zero attached hydrogens (tertiary/aromatic N) is 3. The topological polar surface area (TPSA) is 51.4 Å². The Morgan fingerprint density at radius 1 is 1.30 bits per heavy atom. The van der Waals surface area contributed by atoms with Crippen molar-refractivity contribution in [2.45, 2.75) is 6.92 Å². The van der Waals surface area contributed by atoms with Gasteiger partial charge in [-0.1, -0.05) is 30.9 Å². The van der Waals surface area contributed by atoms with Crippen molar-refractivity contribution in [1.29, 1.82) is 0 Å². The first kappa shape index (κ1) is 15.8. The van der Waals surface area contributed by atoms with Crippen molar-refractivity contribution in [2.24, 2.45) is 0 Å². The third-order valence-electron chi connectivity index (χ3n) is 3.62. The Bertz CT molecular complexity index is 773. The van der Waals surface area contributed by atoms with Gasteiger partial charge in [0.15, 0.2) is 11.4 Å². The maximum absolute atomic E-state index is 6.08. The van der Waals surface area contributed by atoms with Crippen LogP contribution in [0.2, 0.25) is 5.28 Å². The molecule has 0 saturated carbocycles.